The van der Waals surface area contributed by atoms with Crippen molar-refractivity contribution in [2.45, 2.75) is 13.3 Å². The number of carboxylic acids is 1. The average Bonchev–Trinajstić information content (AvgIpc) is 2.46. The topological polar surface area (TPSA) is 59.4 Å². The van der Waals surface area contributed by atoms with Gasteiger partial charge in [-0.05, 0) is 17.5 Å². The molecule has 0 amide bonds. The lowest BCUT2D eigenvalue weighted by Crippen LogP contribution is -2.01. The molecule has 0 unspecified atom stereocenters. The summed E-state index contributed by atoms with van der Waals surface area (Å²) in [6.45, 7) is 2.10. The van der Waals surface area contributed by atoms with E-state index in [0.717, 1.165) is 17.5 Å². The van der Waals surface area contributed by atoms with Crippen molar-refractivity contribution in [3.63, 3.8) is 0 Å². The Morgan fingerprint density at radius 3 is 2.53 bits per heavy atom. The summed E-state index contributed by atoms with van der Waals surface area (Å²) in [6.07, 6.45) is 2.51. The highest BCUT2D eigenvalue weighted by atomic mass is 16.5. The second kappa shape index (κ2) is 5.52. The van der Waals surface area contributed by atoms with Crippen LogP contribution in [0.1, 0.15) is 23.0 Å². The Bertz CT molecular complexity index is 591. The molecule has 0 radical (unpaired) electrons. The molecule has 1 aromatic heterocycles. The number of rotatable bonds is 4. The Morgan fingerprint density at radius 1 is 1.32 bits per heavy atom. The van der Waals surface area contributed by atoms with Gasteiger partial charge in [-0.1, -0.05) is 31.2 Å². The first-order chi connectivity index (χ1) is 9.15. The summed E-state index contributed by atoms with van der Waals surface area (Å²) in [5.74, 6) is -0.553. The third-order valence-electron chi connectivity index (χ3n) is 2.98. The molecule has 0 spiro atoms. The van der Waals surface area contributed by atoms with Gasteiger partial charge in [0.2, 0.25) is 0 Å². The summed E-state index contributed by atoms with van der Waals surface area (Å²) < 4.78 is 5.24. The zero-order valence-electron chi connectivity index (χ0n) is 10.9. The Hall–Kier alpha value is -2.36. The van der Waals surface area contributed by atoms with Gasteiger partial charge < -0.3 is 9.84 Å². The highest BCUT2D eigenvalue weighted by Crippen LogP contribution is 2.29. The Labute approximate surface area is 111 Å². The van der Waals surface area contributed by atoms with Crippen LogP contribution in [0.5, 0.6) is 5.75 Å². The van der Waals surface area contributed by atoms with Gasteiger partial charge in [-0.3, -0.25) is 0 Å². The van der Waals surface area contributed by atoms with Crippen LogP contribution in [0.4, 0.5) is 0 Å². The van der Waals surface area contributed by atoms with Gasteiger partial charge in [0.1, 0.15) is 5.75 Å². The van der Waals surface area contributed by atoms with E-state index in [0.29, 0.717) is 5.75 Å². The maximum Gasteiger partial charge on any atom is 0.354 e. The molecule has 19 heavy (non-hydrogen) atoms. The minimum absolute atomic E-state index is 0.0224. The quantitative estimate of drug-likeness (QED) is 0.914. The summed E-state index contributed by atoms with van der Waals surface area (Å²) in [5.41, 5.74) is 2.97. The highest BCUT2D eigenvalue weighted by molar-refractivity contribution is 5.87. The molecule has 1 heterocycles. The van der Waals surface area contributed by atoms with E-state index in [1.165, 1.54) is 24.9 Å². The molecule has 0 aliphatic rings. The molecular weight excluding hydrogens is 242 g/mol. The molecule has 0 saturated carbocycles. The van der Waals surface area contributed by atoms with Crippen molar-refractivity contribution in [2.75, 3.05) is 7.11 Å². The summed E-state index contributed by atoms with van der Waals surface area (Å²) in [4.78, 5) is 14.8. The summed E-state index contributed by atoms with van der Waals surface area (Å²) >= 11 is 0. The number of hydrogen-bond donors (Lipinski definition) is 1. The van der Waals surface area contributed by atoms with E-state index in [4.69, 9.17) is 9.84 Å². The average molecular weight is 257 g/mol. The van der Waals surface area contributed by atoms with Crippen molar-refractivity contribution in [1.29, 1.82) is 0 Å². The highest BCUT2D eigenvalue weighted by Gasteiger charge is 2.11. The lowest BCUT2D eigenvalue weighted by atomic mass is 10.0. The molecule has 0 aliphatic heterocycles. The fourth-order valence-electron chi connectivity index (χ4n) is 1.86. The van der Waals surface area contributed by atoms with Crippen LogP contribution in [0.3, 0.4) is 0 Å². The number of methoxy groups -OCH3 is 1. The minimum atomic E-state index is -1.06. The zero-order chi connectivity index (χ0) is 13.8. The number of carbonyl (C=O) groups is 1. The van der Waals surface area contributed by atoms with Crippen LogP contribution in [0.25, 0.3) is 11.1 Å². The summed E-state index contributed by atoms with van der Waals surface area (Å²) in [7, 11) is 1.52. The van der Waals surface area contributed by atoms with Crippen molar-refractivity contribution in [2.24, 2.45) is 0 Å². The number of ether oxygens (including phenoxy) is 1. The van der Waals surface area contributed by atoms with E-state index >= 15 is 0 Å². The number of hydrogen-bond acceptors (Lipinski definition) is 3. The number of benzene rings is 1. The third-order valence-corrected chi connectivity index (χ3v) is 2.98. The molecule has 1 aromatic carbocycles. The van der Waals surface area contributed by atoms with E-state index in [2.05, 4.69) is 11.9 Å². The van der Waals surface area contributed by atoms with Crippen LogP contribution in [0.15, 0.2) is 36.5 Å². The van der Waals surface area contributed by atoms with Gasteiger partial charge in [0, 0.05) is 17.8 Å². The number of aromatic carboxylic acids is 1. The van der Waals surface area contributed by atoms with Crippen LogP contribution in [0.2, 0.25) is 0 Å². The first-order valence-corrected chi connectivity index (χ1v) is 6.02. The van der Waals surface area contributed by atoms with Crippen LogP contribution in [0, 0.1) is 0 Å². The lowest BCUT2D eigenvalue weighted by molar-refractivity contribution is 0.0690. The molecule has 0 fully saturated rings. The number of carboxylic acid groups (broad SMARTS) is 1. The van der Waals surface area contributed by atoms with Crippen LogP contribution < -0.4 is 4.74 Å². The fourth-order valence-corrected chi connectivity index (χ4v) is 1.86. The minimum Gasteiger partial charge on any atom is -0.496 e. The van der Waals surface area contributed by atoms with Gasteiger partial charge >= 0.3 is 5.97 Å². The zero-order valence-corrected chi connectivity index (χ0v) is 10.9. The standard InChI is InChI=1S/C15H15NO3/c1-3-10-4-6-11(7-5-10)12-9-16-13(15(17)18)8-14(12)19-2/h4-9H,3H2,1-2H3,(H,17,18). The molecule has 0 aliphatic carbocycles. The van der Waals surface area contributed by atoms with E-state index in [1.807, 2.05) is 24.3 Å². The maximum absolute atomic E-state index is 10.9. The predicted molar refractivity (Wildman–Crippen MR) is 72.6 cm³/mol. The predicted octanol–water partition coefficient (Wildman–Crippen LogP) is 3.02. The SMILES string of the molecule is CCc1ccc(-c2cnc(C(=O)O)cc2OC)cc1. The van der Waals surface area contributed by atoms with Gasteiger partial charge in [0.15, 0.2) is 5.69 Å². The van der Waals surface area contributed by atoms with Gasteiger partial charge in [0.05, 0.1) is 7.11 Å². The largest absolute Gasteiger partial charge is 0.496 e. The van der Waals surface area contributed by atoms with Crippen molar-refractivity contribution < 1.29 is 14.6 Å². The molecule has 4 heteroatoms. The second-order valence-corrected chi connectivity index (χ2v) is 4.13. The smallest absolute Gasteiger partial charge is 0.354 e. The monoisotopic (exact) mass is 257 g/mol. The summed E-state index contributed by atoms with van der Waals surface area (Å²) in [5, 5.41) is 8.92. The van der Waals surface area contributed by atoms with E-state index in [9.17, 15) is 4.79 Å². The van der Waals surface area contributed by atoms with Gasteiger partial charge in [-0.15, -0.1) is 0 Å². The molecule has 2 aromatic rings. The van der Waals surface area contributed by atoms with Gasteiger partial charge in [-0.2, -0.15) is 0 Å². The van der Waals surface area contributed by atoms with E-state index < -0.39 is 5.97 Å². The molecule has 98 valence electrons. The number of nitrogens with zero attached hydrogens (tertiary/aromatic N) is 1. The Balaban J connectivity index is 2.45. The third kappa shape index (κ3) is 2.73. The molecule has 4 nitrogen and oxygen atoms in total. The number of aromatic nitrogens is 1. The van der Waals surface area contributed by atoms with Crippen molar-refractivity contribution in [3.05, 3.63) is 47.8 Å². The Morgan fingerprint density at radius 2 is 2.00 bits per heavy atom. The molecular formula is C15H15NO3. The number of aryl methyl sites for hydroxylation is 1. The molecule has 1 N–H and O–H groups in total. The number of pyridine rings is 1. The molecule has 0 atom stereocenters. The fraction of sp³-hybridized carbons (Fsp3) is 0.200. The van der Waals surface area contributed by atoms with E-state index in [-0.39, 0.29) is 5.69 Å². The first-order valence-electron chi connectivity index (χ1n) is 6.02. The lowest BCUT2D eigenvalue weighted by Gasteiger charge is -2.09. The van der Waals surface area contributed by atoms with Crippen LogP contribution >= 0.6 is 0 Å². The Kier molecular flexibility index (Phi) is 3.80. The van der Waals surface area contributed by atoms with Crippen molar-refractivity contribution in [3.8, 4) is 16.9 Å². The maximum atomic E-state index is 10.9. The normalized spacial score (nSPS) is 10.2. The van der Waals surface area contributed by atoms with Crippen molar-refractivity contribution >= 4 is 5.97 Å². The molecule has 2 rings (SSSR count). The summed E-state index contributed by atoms with van der Waals surface area (Å²) in [6, 6.07) is 9.49. The second-order valence-electron chi connectivity index (χ2n) is 4.13. The van der Waals surface area contributed by atoms with Crippen LogP contribution in [-0.4, -0.2) is 23.2 Å². The van der Waals surface area contributed by atoms with Gasteiger partial charge in [-0.25, -0.2) is 9.78 Å². The van der Waals surface area contributed by atoms with Crippen molar-refractivity contribution in [1.82, 2.24) is 4.98 Å². The molecule has 0 bridgehead atoms. The van der Waals surface area contributed by atoms with Crippen LogP contribution in [-0.2, 0) is 6.42 Å². The van der Waals surface area contributed by atoms with Gasteiger partial charge in [0.25, 0.3) is 0 Å². The molecule has 0 saturated heterocycles. The van der Waals surface area contributed by atoms with E-state index in [1.54, 1.807) is 0 Å². The first kappa shape index (κ1) is 13.1.